The Hall–Kier alpha value is -1.37. The van der Waals surface area contributed by atoms with Crippen LogP contribution < -0.4 is 0 Å². The number of pyridine rings is 1. The van der Waals surface area contributed by atoms with Gasteiger partial charge in [0, 0.05) is 11.6 Å². The van der Waals surface area contributed by atoms with E-state index in [-0.39, 0.29) is 10.8 Å². The van der Waals surface area contributed by atoms with Crippen LogP contribution in [0.4, 0.5) is 0 Å². The van der Waals surface area contributed by atoms with Crippen molar-refractivity contribution in [3.05, 3.63) is 41.6 Å². The highest BCUT2D eigenvalue weighted by Gasteiger charge is 2.19. The predicted molar refractivity (Wildman–Crippen MR) is 79.1 cm³/mol. The zero-order valence-electron chi connectivity index (χ0n) is 12.3. The summed E-state index contributed by atoms with van der Waals surface area (Å²) in [6.07, 6.45) is 2.03. The molecule has 18 heavy (non-hydrogen) atoms. The second-order valence-electron chi connectivity index (χ2n) is 7.10. The van der Waals surface area contributed by atoms with Gasteiger partial charge in [-0.15, -0.1) is 0 Å². The summed E-state index contributed by atoms with van der Waals surface area (Å²) in [7, 11) is 0. The summed E-state index contributed by atoms with van der Waals surface area (Å²) in [6.45, 7) is 13.4. The highest BCUT2D eigenvalue weighted by Crippen LogP contribution is 2.31. The van der Waals surface area contributed by atoms with E-state index >= 15 is 0 Å². The van der Waals surface area contributed by atoms with Gasteiger partial charge in [0.2, 0.25) is 0 Å². The van der Waals surface area contributed by atoms with E-state index in [9.17, 15) is 0 Å². The number of rotatable bonds is 0. The molecule has 0 bridgehead atoms. The van der Waals surface area contributed by atoms with Gasteiger partial charge in [-0.25, -0.2) is 0 Å². The second-order valence-corrected chi connectivity index (χ2v) is 7.10. The molecule has 0 atom stereocenters. The number of fused-ring (bicyclic) bond motifs is 1. The predicted octanol–water partition coefficient (Wildman–Crippen LogP) is 4.83. The van der Waals surface area contributed by atoms with Crippen LogP contribution in [0.25, 0.3) is 10.9 Å². The summed E-state index contributed by atoms with van der Waals surface area (Å²) in [4.78, 5) is 4.71. The molecule has 0 aliphatic rings. The average Bonchev–Trinajstić information content (AvgIpc) is 2.25. The van der Waals surface area contributed by atoms with Crippen LogP contribution >= 0.6 is 0 Å². The van der Waals surface area contributed by atoms with Gasteiger partial charge in [0.15, 0.2) is 0 Å². The molecule has 1 nitrogen and oxygen atoms in total. The molecule has 0 saturated heterocycles. The lowest BCUT2D eigenvalue weighted by atomic mass is 9.84. The minimum atomic E-state index is 0.135. The quantitative estimate of drug-likeness (QED) is 0.643. The molecule has 1 heteroatoms. The van der Waals surface area contributed by atoms with E-state index in [1.165, 1.54) is 16.5 Å². The van der Waals surface area contributed by atoms with E-state index in [2.05, 4.69) is 65.8 Å². The molecule has 2 aromatic rings. The third-order valence-electron chi connectivity index (χ3n) is 3.39. The Balaban J connectivity index is 2.68. The SMILES string of the molecule is CC(C)(C)c1cnc2c(C(C)(C)C)cccc2c1. The summed E-state index contributed by atoms with van der Waals surface area (Å²) in [5.74, 6) is 0. The summed E-state index contributed by atoms with van der Waals surface area (Å²) >= 11 is 0. The summed E-state index contributed by atoms with van der Waals surface area (Å²) in [6, 6.07) is 8.76. The molecule has 0 aliphatic carbocycles. The van der Waals surface area contributed by atoms with Crippen molar-refractivity contribution in [1.82, 2.24) is 4.98 Å². The fourth-order valence-corrected chi connectivity index (χ4v) is 2.18. The summed E-state index contributed by atoms with van der Waals surface area (Å²) in [5, 5.41) is 1.25. The van der Waals surface area contributed by atoms with Crippen molar-refractivity contribution in [3.63, 3.8) is 0 Å². The molecule has 2 rings (SSSR count). The topological polar surface area (TPSA) is 12.9 Å². The molecule has 0 saturated carbocycles. The van der Waals surface area contributed by atoms with Crippen LogP contribution in [0.2, 0.25) is 0 Å². The van der Waals surface area contributed by atoms with Crippen LogP contribution in [-0.4, -0.2) is 4.98 Å². The Morgan fingerprint density at radius 1 is 0.889 bits per heavy atom. The zero-order valence-corrected chi connectivity index (χ0v) is 12.3. The maximum absolute atomic E-state index is 4.71. The number of aromatic nitrogens is 1. The van der Waals surface area contributed by atoms with Gasteiger partial charge in [0.25, 0.3) is 0 Å². The fraction of sp³-hybridized carbons (Fsp3) is 0.471. The van der Waals surface area contributed by atoms with Crippen molar-refractivity contribution in [3.8, 4) is 0 Å². The van der Waals surface area contributed by atoms with Gasteiger partial charge in [0.1, 0.15) is 0 Å². The van der Waals surface area contributed by atoms with Gasteiger partial charge in [-0.1, -0.05) is 59.7 Å². The van der Waals surface area contributed by atoms with Crippen LogP contribution in [0, 0.1) is 0 Å². The molecule has 0 N–H and O–H groups in total. The fourth-order valence-electron chi connectivity index (χ4n) is 2.18. The van der Waals surface area contributed by atoms with Crippen LogP contribution in [0.15, 0.2) is 30.5 Å². The number of nitrogens with zero attached hydrogens (tertiary/aromatic N) is 1. The maximum Gasteiger partial charge on any atom is 0.0739 e. The first-order valence-electron chi connectivity index (χ1n) is 6.59. The summed E-state index contributed by atoms with van der Waals surface area (Å²) in [5.41, 5.74) is 4.04. The lowest BCUT2D eigenvalue weighted by Gasteiger charge is -2.23. The molecule has 1 aromatic heterocycles. The monoisotopic (exact) mass is 241 g/mol. The zero-order chi connectivity index (χ0) is 13.6. The highest BCUT2D eigenvalue weighted by molar-refractivity contribution is 5.83. The third-order valence-corrected chi connectivity index (χ3v) is 3.39. The molecule has 0 spiro atoms. The third kappa shape index (κ3) is 2.40. The first-order chi connectivity index (χ1) is 8.19. The smallest absolute Gasteiger partial charge is 0.0739 e. The van der Waals surface area contributed by atoms with E-state index in [1.807, 2.05) is 6.20 Å². The van der Waals surface area contributed by atoms with Crippen molar-refractivity contribution < 1.29 is 0 Å². The first-order valence-corrected chi connectivity index (χ1v) is 6.59. The lowest BCUT2D eigenvalue weighted by molar-refractivity contribution is 0.586. The molecule has 1 heterocycles. The largest absolute Gasteiger partial charge is 0.256 e. The normalized spacial score (nSPS) is 13.0. The number of para-hydroxylation sites is 1. The standard InChI is InChI=1S/C17H23N/c1-16(2,3)13-10-12-8-7-9-14(17(4,5)6)15(12)18-11-13/h7-11H,1-6H3. The second kappa shape index (κ2) is 4.08. The molecule has 0 aliphatic heterocycles. The number of hydrogen-bond acceptors (Lipinski definition) is 1. The Bertz CT molecular complexity index is 568. The Morgan fingerprint density at radius 2 is 1.56 bits per heavy atom. The van der Waals surface area contributed by atoms with Gasteiger partial charge in [-0.2, -0.15) is 0 Å². The van der Waals surface area contributed by atoms with E-state index in [0.29, 0.717) is 0 Å². The lowest BCUT2D eigenvalue weighted by Crippen LogP contribution is -2.14. The number of benzene rings is 1. The van der Waals surface area contributed by atoms with E-state index in [1.54, 1.807) is 0 Å². The summed E-state index contributed by atoms with van der Waals surface area (Å²) < 4.78 is 0. The van der Waals surface area contributed by atoms with Crippen molar-refractivity contribution in [2.24, 2.45) is 0 Å². The molecule has 0 amide bonds. The Kier molecular flexibility index (Phi) is 2.96. The van der Waals surface area contributed by atoms with Crippen molar-refractivity contribution in [1.29, 1.82) is 0 Å². The molecular formula is C17H23N. The van der Waals surface area contributed by atoms with Crippen molar-refractivity contribution >= 4 is 10.9 Å². The van der Waals surface area contributed by atoms with Crippen molar-refractivity contribution in [2.45, 2.75) is 52.4 Å². The molecule has 1 aromatic carbocycles. The van der Waals surface area contributed by atoms with E-state index in [4.69, 9.17) is 4.98 Å². The minimum Gasteiger partial charge on any atom is -0.256 e. The molecule has 0 unspecified atom stereocenters. The van der Waals surface area contributed by atoms with Crippen LogP contribution in [0.1, 0.15) is 52.7 Å². The Morgan fingerprint density at radius 3 is 2.11 bits per heavy atom. The van der Waals surface area contributed by atoms with Gasteiger partial charge >= 0.3 is 0 Å². The molecule has 0 fully saturated rings. The Labute approximate surface area is 110 Å². The van der Waals surface area contributed by atoms with Crippen molar-refractivity contribution in [2.75, 3.05) is 0 Å². The van der Waals surface area contributed by atoms with Gasteiger partial charge < -0.3 is 0 Å². The first kappa shape index (κ1) is 13.1. The van der Waals surface area contributed by atoms with Gasteiger partial charge in [0.05, 0.1) is 5.52 Å². The van der Waals surface area contributed by atoms with Gasteiger partial charge in [-0.05, 0) is 28.0 Å². The van der Waals surface area contributed by atoms with Gasteiger partial charge in [-0.3, -0.25) is 4.98 Å². The molecular weight excluding hydrogens is 218 g/mol. The minimum absolute atomic E-state index is 0.135. The highest BCUT2D eigenvalue weighted by atomic mass is 14.7. The maximum atomic E-state index is 4.71. The van der Waals surface area contributed by atoms with Crippen LogP contribution in [0.5, 0.6) is 0 Å². The molecule has 0 radical (unpaired) electrons. The van der Waals surface area contributed by atoms with E-state index in [0.717, 1.165) is 5.52 Å². The van der Waals surface area contributed by atoms with Crippen LogP contribution in [0.3, 0.4) is 0 Å². The number of hydrogen-bond donors (Lipinski definition) is 0. The van der Waals surface area contributed by atoms with E-state index < -0.39 is 0 Å². The average molecular weight is 241 g/mol. The molecule has 96 valence electrons. The van der Waals surface area contributed by atoms with Crippen LogP contribution in [-0.2, 0) is 10.8 Å².